The molecule has 0 spiro atoms. The molecule has 0 aliphatic rings. The third-order valence-corrected chi connectivity index (χ3v) is 5.06. The van der Waals surface area contributed by atoms with E-state index in [1.54, 1.807) is 6.08 Å². The second-order valence-electron chi connectivity index (χ2n) is 5.21. The van der Waals surface area contributed by atoms with Gasteiger partial charge in [0, 0.05) is 18.5 Å². The number of nitrogens with one attached hydrogen (secondary N) is 1. The van der Waals surface area contributed by atoms with Gasteiger partial charge in [0.15, 0.2) is 4.90 Å². The van der Waals surface area contributed by atoms with Crippen LogP contribution in [0.1, 0.15) is 17.9 Å². The van der Waals surface area contributed by atoms with E-state index in [1.807, 2.05) is 30.3 Å². The highest BCUT2D eigenvalue weighted by molar-refractivity contribution is 7.89. The SMILES string of the molecule is C=CCC(CNS(=O)(=O)c1ccccc1[N+](=O)[O-])c1ccccc1. The Morgan fingerprint density at radius 2 is 1.75 bits per heavy atom. The Labute approximate surface area is 141 Å². The van der Waals surface area contributed by atoms with Gasteiger partial charge in [-0.25, -0.2) is 13.1 Å². The van der Waals surface area contributed by atoms with E-state index in [0.29, 0.717) is 6.42 Å². The fourth-order valence-corrected chi connectivity index (χ4v) is 3.64. The van der Waals surface area contributed by atoms with E-state index in [0.717, 1.165) is 5.56 Å². The first-order chi connectivity index (χ1) is 11.5. The van der Waals surface area contributed by atoms with Gasteiger partial charge in [-0.1, -0.05) is 48.5 Å². The third-order valence-electron chi connectivity index (χ3n) is 3.59. The van der Waals surface area contributed by atoms with Crippen molar-refractivity contribution in [1.29, 1.82) is 0 Å². The first kappa shape index (κ1) is 17.8. The number of hydrogen-bond donors (Lipinski definition) is 1. The van der Waals surface area contributed by atoms with Gasteiger partial charge in [0.05, 0.1) is 4.92 Å². The largest absolute Gasteiger partial charge is 0.289 e. The number of hydrogen-bond acceptors (Lipinski definition) is 4. The van der Waals surface area contributed by atoms with Gasteiger partial charge in [-0.3, -0.25) is 10.1 Å². The summed E-state index contributed by atoms with van der Waals surface area (Å²) in [7, 11) is -3.98. The van der Waals surface area contributed by atoms with Crippen LogP contribution in [0.25, 0.3) is 0 Å². The van der Waals surface area contributed by atoms with Crippen molar-refractivity contribution in [2.75, 3.05) is 6.54 Å². The molecule has 0 aliphatic heterocycles. The van der Waals surface area contributed by atoms with Crippen LogP contribution in [0, 0.1) is 10.1 Å². The summed E-state index contributed by atoms with van der Waals surface area (Å²) in [6.07, 6.45) is 2.31. The molecule has 0 amide bonds. The third kappa shape index (κ3) is 4.27. The molecule has 0 fully saturated rings. The van der Waals surface area contributed by atoms with E-state index in [-0.39, 0.29) is 17.4 Å². The maximum absolute atomic E-state index is 12.5. The van der Waals surface area contributed by atoms with Crippen molar-refractivity contribution in [1.82, 2.24) is 4.72 Å². The van der Waals surface area contributed by atoms with Gasteiger partial charge in [-0.05, 0) is 18.1 Å². The van der Waals surface area contributed by atoms with Gasteiger partial charge in [-0.15, -0.1) is 6.58 Å². The summed E-state index contributed by atoms with van der Waals surface area (Å²) in [6, 6.07) is 14.7. The highest BCUT2D eigenvalue weighted by Gasteiger charge is 2.25. The zero-order valence-electron chi connectivity index (χ0n) is 13.0. The highest BCUT2D eigenvalue weighted by Crippen LogP contribution is 2.24. The lowest BCUT2D eigenvalue weighted by Crippen LogP contribution is -2.29. The van der Waals surface area contributed by atoms with E-state index in [1.165, 1.54) is 24.3 Å². The van der Waals surface area contributed by atoms with Gasteiger partial charge < -0.3 is 0 Å². The number of sulfonamides is 1. The number of para-hydroxylation sites is 1. The molecule has 1 unspecified atom stereocenters. The van der Waals surface area contributed by atoms with E-state index >= 15 is 0 Å². The molecule has 24 heavy (non-hydrogen) atoms. The summed E-state index contributed by atoms with van der Waals surface area (Å²) in [4.78, 5) is 10.00. The Balaban J connectivity index is 2.23. The summed E-state index contributed by atoms with van der Waals surface area (Å²) in [5.41, 5.74) is 0.535. The van der Waals surface area contributed by atoms with Crippen LogP contribution in [0.3, 0.4) is 0 Å². The van der Waals surface area contributed by atoms with Crippen molar-refractivity contribution in [2.24, 2.45) is 0 Å². The molecule has 1 atom stereocenters. The number of nitro groups is 1. The first-order valence-electron chi connectivity index (χ1n) is 7.34. The van der Waals surface area contributed by atoms with Crippen molar-refractivity contribution in [3.8, 4) is 0 Å². The van der Waals surface area contributed by atoms with Gasteiger partial charge in [0.25, 0.3) is 5.69 Å². The van der Waals surface area contributed by atoms with Gasteiger partial charge >= 0.3 is 0 Å². The first-order valence-corrected chi connectivity index (χ1v) is 8.83. The minimum Gasteiger partial charge on any atom is -0.258 e. The molecule has 2 aromatic carbocycles. The van der Waals surface area contributed by atoms with Crippen LogP contribution >= 0.6 is 0 Å². The fraction of sp³-hybridized carbons (Fsp3) is 0.176. The molecule has 6 nitrogen and oxygen atoms in total. The van der Waals surface area contributed by atoms with E-state index in [9.17, 15) is 18.5 Å². The standard InChI is InChI=1S/C17H18N2O4S/c1-2-8-15(14-9-4-3-5-10-14)13-18-24(22,23)17-12-7-6-11-16(17)19(20)21/h2-7,9-12,15,18H,1,8,13H2. The van der Waals surface area contributed by atoms with Crippen LogP contribution in [0.15, 0.2) is 72.1 Å². The second kappa shape index (κ2) is 7.85. The monoisotopic (exact) mass is 346 g/mol. The molecule has 0 aliphatic carbocycles. The molecule has 0 aromatic heterocycles. The Morgan fingerprint density at radius 3 is 2.38 bits per heavy atom. The molecular formula is C17H18N2O4S. The van der Waals surface area contributed by atoms with Crippen LogP contribution in [-0.2, 0) is 10.0 Å². The Kier molecular flexibility index (Phi) is 5.83. The highest BCUT2D eigenvalue weighted by atomic mass is 32.2. The number of allylic oxidation sites excluding steroid dienone is 1. The summed E-state index contributed by atoms with van der Waals surface area (Å²) < 4.78 is 27.4. The lowest BCUT2D eigenvalue weighted by molar-refractivity contribution is -0.387. The predicted molar refractivity (Wildman–Crippen MR) is 92.3 cm³/mol. The average molecular weight is 346 g/mol. The summed E-state index contributed by atoms with van der Waals surface area (Å²) in [6.45, 7) is 3.83. The summed E-state index contributed by atoms with van der Waals surface area (Å²) in [5.74, 6) is -0.0961. The molecular weight excluding hydrogens is 328 g/mol. The van der Waals surface area contributed by atoms with Crippen molar-refractivity contribution < 1.29 is 13.3 Å². The van der Waals surface area contributed by atoms with Gasteiger partial charge in [-0.2, -0.15) is 0 Å². The molecule has 2 rings (SSSR count). The van der Waals surface area contributed by atoms with Crippen LogP contribution in [0.2, 0.25) is 0 Å². The number of benzene rings is 2. The molecule has 0 bridgehead atoms. The van der Waals surface area contributed by atoms with Crippen LogP contribution in [-0.4, -0.2) is 19.9 Å². The molecule has 0 radical (unpaired) electrons. The van der Waals surface area contributed by atoms with Crippen molar-refractivity contribution >= 4 is 15.7 Å². The van der Waals surface area contributed by atoms with E-state index in [4.69, 9.17) is 0 Å². The average Bonchev–Trinajstić information content (AvgIpc) is 2.59. The van der Waals surface area contributed by atoms with Crippen molar-refractivity contribution in [3.63, 3.8) is 0 Å². The topological polar surface area (TPSA) is 89.3 Å². The molecule has 0 heterocycles. The van der Waals surface area contributed by atoms with Crippen LogP contribution in [0.4, 0.5) is 5.69 Å². The quantitative estimate of drug-likeness (QED) is 0.451. The summed E-state index contributed by atoms with van der Waals surface area (Å²) >= 11 is 0. The zero-order chi connectivity index (χ0) is 17.6. The number of nitro benzene ring substituents is 1. The maximum atomic E-state index is 12.5. The molecule has 2 aromatic rings. The number of rotatable bonds is 8. The Bertz CT molecular complexity index is 819. The molecule has 0 saturated carbocycles. The fourth-order valence-electron chi connectivity index (χ4n) is 2.39. The number of nitrogens with zero attached hydrogens (tertiary/aromatic N) is 1. The van der Waals surface area contributed by atoms with Crippen molar-refractivity contribution in [3.05, 3.63) is 82.9 Å². The zero-order valence-corrected chi connectivity index (χ0v) is 13.8. The van der Waals surface area contributed by atoms with Crippen molar-refractivity contribution in [2.45, 2.75) is 17.2 Å². The lowest BCUT2D eigenvalue weighted by atomic mass is 9.96. The van der Waals surface area contributed by atoms with Gasteiger partial charge in [0.1, 0.15) is 0 Å². The second-order valence-corrected chi connectivity index (χ2v) is 6.94. The predicted octanol–water partition coefficient (Wildman–Crippen LogP) is 3.23. The minimum atomic E-state index is -3.98. The van der Waals surface area contributed by atoms with Crippen LogP contribution < -0.4 is 4.72 Å². The lowest BCUT2D eigenvalue weighted by Gasteiger charge is -2.16. The Morgan fingerprint density at radius 1 is 1.12 bits per heavy atom. The Hall–Kier alpha value is -2.51. The molecule has 7 heteroatoms. The normalized spacial score (nSPS) is 12.5. The molecule has 0 saturated heterocycles. The summed E-state index contributed by atoms with van der Waals surface area (Å²) in [5, 5.41) is 11.0. The van der Waals surface area contributed by atoms with E-state index in [2.05, 4.69) is 11.3 Å². The molecule has 1 N–H and O–H groups in total. The van der Waals surface area contributed by atoms with Crippen LogP contribution in [0.5, 0.6) is 0 Å². The smallest absolute Gasteiger partial charge is 0.258 e. The molecule has 126 valence electrons. The minimum absolute atomic E-state index is 0.0961. The maximum Gasteiger partial charge on any atom is 0.289 e. The van der Waals surface area contributed by atoms with E-state index < -0.39 is 20.6 Å². The van der Waals surface area contributed by atoms with Gasteiger partial charge in [0.2, 0.25) is 10.0 Å².